The van der Waals surface area contributed by atoms with Crippen molar-refractivity contribution in [3.63, 3.8) is 0 Å². The van der Waals surface area contributed by atoms with Gasteiger partial charge >= 0.3 is 0 Å². The van der Waals surface area contributed by atoms with Crippen LogP contribution in [-0.4, -0.2) is 33.3 Å². The van der Waals surface area contributed by atoms with Gasteiger partial charge in [-0.1, -0.05) is 18.2 Å². The molecule has 0 radical (unpaired) electrons. The van der Waals surface area contributed by atoms with E-state index in [2.05, 4.69) is 4.72 Å². The summed E-state index contributed by atoms with van der Waals surface area (Å²) in [6.07, 6.45) is 0.977. The summed E-state index contributed by atoms with van der Waals surface area (Å²) in [4.78, 5) is 15.5. The first-order valence-corrected chi connectivity index (χ1v) is 10.0. The second kappa shape index (κ2) is 7.92. The van der Waals surface area contributed by atoms with Gasteiger partial charge in [0.15, 0.2) is 0 Å². The van der Waals surface area contributed by atoms with Crippen molar-refractivity contribution in [3.8, 4) is 0 Å². The molecule has 1 heterocycles. The Kier molecular flexibility index (Phi) is 6.15. The minimum absolute atomic E-state index is 0.0562. The molecule has 7 heteroatoms. The largest absolute Gasteiger partial charge is 0.338 e. The smallest absolute Gasteiger partial charge is 0.240 e. The number of amides is 1. The zero-order chi connectivity index (χ0) is 17.7. The van der Waals surface area contributed by atoms with E-state index in [0.29, 0.717) is 12.8 Å². The number of nitrogens with zero attached hydrogens (tertiary/aromatic N) is 1. The summed E-state index contributed by atoms with van der Waals surface area (Å²) in [5.41, 5.74) is 0.940. The van der Waals surface area contributed by atoms with Gasteiger partial charge in [-0.25, -0.2) is 13.1 Å². The average molecular weight is 367 g/mol. The molecule has 1 aromatic carbocycles. The molecule has 24 heavy (non-hydrogen) atoms. The van der Waals surface area contributed by atoms with E-state index in [1.54, 1.807) is 40.5 Å². The Bertz CT molecular complexity index is 769. The van der Waals surface area contributed by atoms with Crippen LogP contribution in [-0.2, 0) is 21.2 Å². The third-order valence-electron chi connectivity index (χ3n) is 4.06. The molecule has 5 nitrogen and oxygen atoms in total. The molecule has 2 rings (SSSR count). The lowest BCUT2D eigenvalue weighted by Gasteiger charge is -2.24. The van der Waals surface area contributed by atoms with Crippen molar-refractivity contribution in [2.24, 2.45) is 0 Å². The van der Waals surface area contributed by atoms with E-state index in [1.165, 1.54) is 7.05 Å². The third kappa shape index (κ3) is 4.43. The fraction of sp³-hybridized carbons (Fsp3) is 0.353. The second-order valence-corrected chi connectivity index (χ2v) is 8.41. The van der Waals surface area contributed by atoms with Crippen molar-refractivity contribution >= 4 is 27.3 Å². The number of carbonyl (C=O) groups excluding carboxylic acids is 1. The maximum atomic E-state index is 12.4. The van der Waals surface area contributed by atoms with Crippen LogP contribution in [0.25, 0.3) is 0 Å². The van der Waals surface area contributed by atoms with E-state index in [1.807, 2.05) is 31.5 Å². The molecule has 0 aliphatic rings. The molecule has 0 saturated heterocycles. The molecule has 130 valence electrons. The number of aryl methyl sites for hydroxylation is 1. The van der Waals surface area contributed by atoms with Gasteiger partial charge in [0.25, 0.3) is 0 Å². The van der Waals surface area contributed by atoms with Crippen LogP contribution in [0.5, 0.6) is 0 Å². The summed E-state index contributed by atoms with van der Waals surface area (Å²) in [6, 6.07) is 10.7. The molecule has 1 amide bonds. The first-order valence-electron chi connectivity index (χ1n) is 7.66. The van der Waals surface area contributed by atoms with Gasteiger partial charge in [-0.15, -0.1) is 11.3 Å². The number of benzene rings is 1. The number of rotatable bonds is 7. The Balaban J connectivity index is 1.94. The Morgan fingerprint density at radius 2 is 1.92 bits per heavy atom. The predicted octanol–water partition coefficient (Wildman–Crippen LogP) is 2.81. The first-order chi connectivity index (χ1) is 11.3. The fourth-order valence-electron chi connectivity index (χ4n) is 2.32. The summed E-state index contributed by atoms with van der Waals surface area (Å²) in [6.45, 7) is 2.02. The van der Waals surface area contributed by atoms with Gasteiger partial charge in [-0.3, -0.25) is 4.79 Å². The van der Waals surface area contributed by atoms with Crippen molar-refractivity contribution in [2.45, 2.75) is 30.7 Å². The molecular formula is C17H22N2O3S2. The molecule has 0 aliphatic carbocycles. The normalized spacial score (nSPS) is 12.8. The molecule has 0 aliphatic heterocycles. The van der Waals surface area contributed by atoms with Gasteiger partial charge in [0.2, 0.25) is 15.9 Å². The van der Waals surface area contributed by atoms with Crippen molar-refractivity contribution in [1.29, 1.82) is 0 Å². The maximum absolute atomic E-state index is 12.4. The van der Waals surface area contributed by atoms with Crippen molar-refractivity contribution in [2.75, 3.05) is 14.1 Å². The highest BCUT2D eigenvalue weighted by Crippen LogP contribution is 2.24. The minimum Gasteiger partial charge on any atom is -0.338 e. The first kappa shape index (κ1) is 18.6. The molecule has 0 bridgehead atoms. The summed E-state index contributed by atoms with van der Waals surface area (Å²) >= 11 is 1.64. The van der Waals surface area contributed by atoms with E-state index in [4.69, 9.17) is 0 Å². The molecule has 0 spiro atoms. The summed E-state index contributed by atoms with van der Waals surface area (Å²) in [5.74, 6) is 0.0721. The highest BCUT2D eigenvalue weighted by molar-refractivity contribution is 7.89. The van der Waals surface area contributed by atoms with Crippen LogP contribution in [0.15, 0.2) is 46.7 Å². The number of hydrogen-bond acceptors (Lipinski definition) is 4. The summed E-state index contributed by atoms with van der Waals surface area (Å²) in [7, 11) is -0.224. The Morgan fingerprint density at radius 1 is 1.25 bits per heavy atom. The predicted molar refractivity (Wildman–Crippen MR) is 96.5 cm³/mol. The fourth-order valence-corrected chi connectivity index (χ4v) is 3.87. The Morgan fingerprint density at radius 3 is 2.46 bits per heavy atom. The number of sulfonamides is 1. The Labute approximate surface area is 147 Å². The van der Waals surface area contributed by atoms with Gasteiger partial charge < -0.3 is 4.90 Å². The maximum Gasteiger partial charge on any atom is 0.240 e. The van der Waals surface area contributed by atoms with E-state index in [9.17, 15) is 13.2 Å². The average Bonchev–Trinajstić information content (AvgIpc) is 3.13. The zero-order valence-electron chi connectivity index (χ0n) is 14.0. The molecular weight excluding hydrogens is 344 g/mol. The summed E-state index contributed by atoms with van der Waals surface area (Å²) < 4.78 is 25.6. The number of thiophene rings is 1. The molecule has 0 saturated carbocycles. The van der Waals surface area contributed by atoms with E-state index < -0.39 is 10.0 Å². The third-order valence-corrected chi connectivity index (χ3v) is 6.53. The van der Waals surface area contributed by atoms with Crippen molar-refractivity contribution < 1.29 is 13.2 Å². The van der Waals surface area contributed by atoms with Crippen LogP contribution >= 0.6 is 11.3 Å². The molecule has 1 unspecified atom stereocenters. The lowest BCUT2D eigenvalue weighted by atomic mass is 10.1. The quantitative estimate of drug-likeness (QED) is 0.819. The van der Waals surface area contributed by atoms with Gasteiger partial charge in [0.05, 0.1) is 10.9 Å². The second-order valence-electron chi connectivity index (χ2n) is 5.55. The summed E-state index contributed by atoms with van der Waals surface area (Å²) in [5, 5.41) is 2.00. The van der Waals surface area contributed by atoms with E-state index in [-0.39, 0.29) is 16.8 Å². The highest BCUT2D eigenvalue weighted by Gasteiger charge is 2.18. The lowest BCUT2D eigenvalue weighted by molar-refractivity contribution is -0.131. The van der Waals surface area contributed by atoms with Crippen LogP contribution in [0.1, 0.15) is 29.8 Å². The van der Waals surface area contributed by atoms with Crippen LogP contribution < -0.4 is 4.72 Å². The lowest BCUT2D eigenvalue weighted by Crippen LogP contribution is -2.29. The molecule has 1 aromatic heterocycles. The topological polar surface area (TPSA) is 66.5 Å². The Hall–Kier alpha value is -1.70. The monoisotopic (exact) mass is 366 g/mol. The number of carbonyl (C=O) groups is 1. The minimum atomic E-state index is -3.42. The van der Waals surface area contributed by atoms with Gasteiger partial charge in [0.1, 0.15) is 0 Å². The van der Waals surface area contributed by atoms with Crippen LogP contribution in [0, 0.1) is 0 Å². The number of hydrogen-bond donors (Lipinski definition) is 1. The van der Waals surface area contributed by atoms with Crippen LogP contribution in [0.3, 0.4) is 0 Å². The van der Waals surface area contributed by atoms with Gasteiger partial charge in [-0.05, 0) is 49.5 Å². The van der Waals surface area contributed by atoms with Gasteiger partial charge in [0, 0.05) is 18.3 Å². The van der Waals surface area contributed by atoms with Crippen LogP contribution in [0.4, 0.5) is 0 Å². The highest BCUT2D eigenvalue weighted by atomic mass is 32.2. The van der Waals surface area contributed by atoms with E-state index >= 15 is 0 Å². The zero-order valence-corrected chi connectivity index (χ0v) is 15.7. The standard InChI is InChI=1S/C17H22N2O3S2/c1-13(16-5-4-12-23-16)19(3)17(20)11-8-14-6-9-15(10-7-14)24(21,22)18-2/h4-7,9-10,12-13,18H,8,11H2,1-3H3. The molecule has 0 fully saturated rings. The van der Waals surface area contributed by atoms with Crippen molar-refractivity contribution in [1.82, 2.24) is 9.62 Å². The van der Waals surface area contributed by atoms with Crippen molar-refractivity contribution in [3.05, 3.63) is 52.2 Å². The SMILES string of the molecule is CNS(=O)(=O)c1ccc(CCC(=O)N(C)C(C)c2cccs2)cc1. The molecule has 1 atom stereocenters. The van der Waals surface area contributed by atoms with Gasteiger partial charge in [-0.2, -0.15) is 0 Å². The molecule has 2 aromatic rings. The number of nitrogens with one attached hydrogen (secondary N) is 1. The molecule has 1 N–H and O–H groups in total. The van der Waals surface area contributed by atoms with Crippen LogP contribution in [0.2, 0.25) is 0 Å². The van der Waals surface area contributed by atoms with E-state index in [0.717, 1.165) is 10.4 Å².